The lowest BCUT2D eigenvalue weighted by atomic mass is 9.89. The molecule has 1 aromatic carbocycles. The van der Waals surface area contributed by atoms with E-state index in [1.54, 1.807) is 12.1 Å². The third-order valence-corrected chi connectivity index (χ3v) is 6.87. The van der Waals surface area contributed by atoms with Crippen molar-refractivity contribution in [2.24, 2.45) is 17.8 Å². The Morgan fingerprint density at radius 2 is 1.93 bits per heavy atom. The zero-order valence-electron chi connectivity index (χ0n) is 16.7. The van der Waals surface area contributed by atoms with E-state index < -0.39 is 0 Å². The van der Waals surface area contributed by atoms with Crippen LogP contribution in [0.4, 0.5) is 10.1 Å². The molecule has 154 valence electrons. The van der Waals surface area contributed by atoms with E-state index in [9.17, 15) is 9.18 Å². The maximum Gasteiger partial charge on any atom is 0.293 e. The normalized spacial score (nSPS) is 24.9. The number of amides is 1. The molecule has 0 spiro atoms. The summed E-state index contributed by atoms with van der Waals surface area (Å²) in [6, 6.07) is 5.91. The number of likely N-dealkylation sites (tertiary alicyclic amines) is 1. The highest BCUT2D eigenvalue weighted by molar-refractivity contribution is 6.01. The Kier molecular flexibility index (Phi) is 5.08. The first-order chi connectivity index (χ1) is 14.2. The van der Waals surface area contributed by atoms with E-state index in [-0.39, 0.29) is 11.7 Å². The van der Waals surface area contributed by atoms with Crippen molar-refractivity contribution in [2.45, 2.75) is 45.1 Å². The smallest absolute Gasteiger partial charge is 0.293 e. The van der Waals surface area contributed by atoms with Crippen LogP contribution in [0.3, 0.4) is 0 Å². The molecule has 5 rings (SSSR count). The Morgan fingerprint density at radius 3 is 2.76 bits per heavy atom. The minimum Gasteiger partial charge on any atom is -0.319 e. The van der Waals surface area contributed by atoms with Crippen molar-refractivity contribution in [2.75, 3.05) is 25.0 Å². The summed E-state index contributed by atoms with van der Waals surface area (Å²) in [6.45, 7) is 4.25. The molecule has 29 heavy (non-hydrogen) atoms. The Labute approximate surface area is 170 Å². The van der Waals surface area contributed by atoms with E-state index >= 15 is 0 Å². The van der Waals surface area contributed by atoms with Crippen LogP contribution < -0.4 is 5.32 Å². The molecule has 1 saturated carbocycles. The standard InChI is InChI=1S/C22H28FN5O/c23-18-7-4-8-19(10-18)24-22(29)21-26-25-20-9-16-12-27(13-17(16)14-28(20)21)11-15-5-2-1-3-6-15/h4,7-8,10,15-17H,1-3,5-6,9,11-14H2,(H,24,29)/t16-,17-/m0/s1. The summed E-state index contributed by atoms with van der Waals surface area (Å²) < 4.78 is 15.4. The highest BCUT2D eigenvalue weighted by Gasteiger charge is 2.39. The Bertz CT molecular complexity index is 891. The fourth-order valence-corrected chi connectivity index (χ4v) is 5.43. The maximum atomic E-state index is 13.4. The highest BCUT2D eigenvalue weighted by Crippen LogP contribution is 2.34. The summed E-state index contributed by atoms with van der Waals surface area (Å²) in [5, 5.41) is 11.2. The van der Waals surface area contributed by atoms with Gasteiger partial charge in [-0.25, -0.2) is 4.39 Å². The van der Waals surface area contributed by atoms with Gasteiger partial charge in [-0.3, -0.25) is 4.79 Å². The van der Waals surface area contributed by atoms with Crippen molar-refractivity contribution in [1.82, 2.24) is 19.7 Å². The average molecular weight is 397 g/mol. The van der Waals surface area contributed by atoms with Crippen LogP contribution in [0.15, 0.2) is 24.3 Å². The minimum atomic E-state index is -0.377. The lowest BCUT2D eigenvalue weighted by molar-refractivity contribution is 0.100. The molecule has 0 unspecified atom stereocenters. The molecule has 1 aromatic heterocycles. The number of fused-ring (bicyclic) bond motifs is 2. The van der Waals surface area contributed by atoms with Gasteiger partial charge in [0.25, 0.3) is 5.91 Å². The van der Waals surface area contributed by atoms with E-state index in [0.717, 1.165) is 37.8 Å². The number of aromatic nitrogens is 3. The summed E-state index contributed by atoms with van der Waals surface area (Å²) in [5.74, 6) is 2.53. The first kappa shape index (κ1) is 18.7. The highest BCUT2D eigenvalue weighted by atomic mass is 19.1. The first-order valence-electron chi connectivity index (χ1n) is 10.9. The van der Waals surface area contributed by atoms with Gasteiger partial charge in [0.05, 0.1) is 0 Å². The number of anilines is 1. The number of hydrogen-bond acceptors (Lipinski definition) is 4. The van der Waals surface area contributed by atoms with Gasteiger partial charge in [0, 0.05) is 38.3 Å². The van der Waals surface area contributed by atoms with Crippen LogP contribution in [0.25, 0.3) is 0 Å². The number of carbonyl (C=O) groups excluding carboxylic acids is 1. The maximum absolute atomic E-state index is 13.4. The topological polar surface area (TPSA) is 63.1 Å². The number of halogens is 1. The number of rotatable bonds is 4. The van der Waals surface area contributed by atoms with Crippen LogP contribution in [0.2, 0.25) is 0 Å². The lowest BCUT2D eigenvalue weighted by Gasteiger charge is -2.26. The first-order valence-corrected chi connectivity index (χ1v) is 10.9. The Hall–Kier alpha value is -2.28. The van der Waals surface area contributed by atoms with Crippen LogP contribution in [0.5, 0.6) is 0 Å². The number of nitrogens with one attached hydrogen (secondary N) is 1. The molecule has 1 saturated heterocycles. The molecule has 3 heterocycles. The molecule has 2 fully saturated rings. The zero-order chi connectivity index (χ0) is 19.8. The Balaban J connectivity index is 1.25. The summed E-state index contributed by atoms with van der Waals surface area (Å²) in [7, 11) is 0. The predicted octanol–water partition coefficient (Wildman–Crippen LogP) is 3.35. The van der Waals surface area contributed by atoms with Crippen molar-refractivity contribution >= 4 is 11.6 Å². The van der Waals surface area contributed by atoms with Crippen LogP contribution in [-0.2, 0) is 13.0 Å². The van der Waals surface area contributed by atoms with Crippen molar-refractivity contribution in [3.63, 3.8) is 0 Å². The third-order valence-electron chi connectivity index (χ3n) is 6.87. The van der Waals surface area contributed by atoms with Crippen molar-refractivity contribution in [3.05, 3.63) is 41.7 Å². The molecule has 1 aliphatic carbocycles. The molecule has 3 aliphatic rings. The number of nitrogens with zero attached hydrogens (tertiary/aromatic N) is 4. The number of carbonyl (C=O) groups is 1. The van der Waals surface area contributed by atoms with Crippen molar-refractivity contribution in [1.29, 1.82) is 0 Å². The second kappa shape index (κ2) is 7.86. The van der Waals surface area contributed by atoms with E-state index in [2.05, 4.69) is 20.4 Å². The molecule has 0 bridgehead atoms. The molecule has 2 aromatic rings. The number of benzene rings is 1. The molecule has 0 radical (unpaired) electrons. The van der Waals surface area contributed by atoms with Crippen LogP contribution >= 0.6 is 0 Å². The van der Waals surface area contributed by atoms with Gasteiger partial charge in [-0.05, 0) is 48.8 Å². The van der Waals surface area contributed by atoms with E-state index in [4.69, 9.17) is 0 Å². The van der Waals surface area contributed by atoms with Gasteiger partial charge in [-0.2, -0.15) is 0 Å². The fourth-order valence-electron chi connectivity index (χ4n) is 5.43. The largest absolute Gasteiger partial charge is 0.319 e. The van der Waals surface area contributed by atoms with E-state index in [1.165, 1.54) is 50.8 Å². The van der Waals surface area contributed by atoms with Crippen LogP contribution in [-0.4, -0.2) is 45.2 Å². The van der Waals surface area contributed by atoms with Crippen LogP contribution in [0, 0.1) is 23.6 Å². The van der Waals surface area contributed by atoms with Gasteiger partial charge in [0.15, 0.2) is 0 Å². The molecule has 2 atom stereocenters. The minimum absolute atomic E-state index is 0.327. The molecular weight excluding hydrogens is 369 g/mol. The monoisotopic (exact) mass is 397 g/mol. The summed E-state index contributed by atoms with van der Waals surface area (Å²) in [6.07, 6.45) is 7.80. The van der Waals surface area contributed by atoms with Gasteiger partial charge in [0.1, 0.15) is 11.6 Å². The summed E-state index contributed by atoms with van der Waals surface area (Å²) in [4.78, 5) is 15.3. The second-order valence-corrected chi connectivity index (χ2v) is 8.96. The van der Waals surface area contributed by atoms with Crippen molar-refractivity contribution < 1.29 is 9.18 Å². The van der Waals surface area contributed by atoms with Gasteiger partial charge < -0.3 is 14.8 Å². The number of hydrogen-bond donors (Lipinski definition) is 1. The van der Waals surface area contributed by atoms with E-state index in [0.29, 0.717) is 23.3 Å². The molecule has 6 nitrogen and oxygen atoms in total. The molecule has 1 N–H and O–H groups in total. The Morgan fingerprint density at radius 1 is 1.10 bits per heavy atom. The quantitative estimate of drug-likeness (QED) is 0.859. The van der Waals surface area contributed by atoms with Crippen LogP contribution in [0.1, 0.15) is 48.5 Å². The van der Waals surface area contributed by atoms with Crippen molar-refractivity contribution in [3.8, 4) is 0 Å². The van der Waals surface area contributed by atoms with E-state index in [1.807, 2.05) is 4.57 Å². The SMILES string of the molecule is O=C(Nc1cccc(F)c1)c1nnc2n1C[C@@H]1CN(CC3CCCCC3)C[C@@H]1C2. The third kappa shape index (κ3) is 3.92. The van der Waals surface area contributed by atoms with Gasteiger partial charge in [-0.1, -0.05) is 25.3 Å². The van der Waals surface area contributed by atoms with Gasteiger partial charge in [0.2, 0.25) is 5.82 Å². The van der Waals surface area contributed by atoms with Gasteiger partial charge in [-0.15, -0.1) is 10.2 Å². The molecule has 2 aliphatic heterocycles. The fraction of sp³-hybridized carbons (Fsp3) is 0.591. The zero-order valence-corrected chi connectivity index (χ0v) is 16.7. The summed E-state index contributed by atoms with van der Waals surface area (Å²) >= 11 is 0. The average Bonchev–Trinajstić information content (AvgIpc) is 3.29. The predicted molar refractivity (Wildman–Crippen MR) is 108 cm³/mol. The molecule has 1 amide bonds. The second-order valence-electron chi connectivity index (χ2n) is 8.96. The lowest BCUT2D eigenvalue weighted by Crippen LogP contribution is -2.31. The van der Waals surface area contributed by atoms with Gasteiger partial charge >= 0.3 is 0 Å². The molecular formula is C22H28FN5O. The molecule has 7 heteroatoms. The summed E-state index contributed by atoms with van der Waals surface area (Å²) in [5.41, 5.74) is 0.431.